The molecular formula is C16H22N2O2. The molecule has 108 valence electrons. The van der Waals surface area contributed by atoms with Crippen LogP contribution in [0.1, 0.15) is 51.1 Å². The molecule has 1 aromatic rings. The molecule has 1 aromatic heterocycles. The van der Waals surface area contributed by atoms with Crippen molar-refractivity contribution in [2.24, 2.45) is 0 Å². The van der Waals surface area contributed by atoms with Crippen LogP contribution in [0.3, 0.4) is 0 Å². The summed E-state index contributed by atoms with van der Waals surface area (Å²) in [6.07, 6.45) is 8.08. The Kier molecular flexibility index (Phi) is 3.50. The fourth-order valence-corrected chi connectivity index (χ4v) is 3.84. The van der Waals surface area contributed by atoms with Gasteiger partial charge in [-0.3, -0.25) is 9.78 Å². The molecule has 1 spiro atoms. The van der Waals surface area contributed by atoms with Crippen LogP contribution >= 0.6 is 0 Å². The summed E-state index contributed by atoms with van der Waals surface area (Å²) in [5, 5.41) is 3.18. The lowest BCUT2D eigenvalue weighted by Gasteiger charge is -2.46. The van der Waals surface area contributed by atoms with Crippen molar-refractivity contribution in [1.29, 1.82) is 0 Å². The lowest BCUT2D eigenvalue weighted by atomic mass is 9.76. The average Bonchev–Trinajstić information content (AvgIpc) is 2.87. The van der Waals surface area contributed by atoms with Gasteiger partial charge in [-0.2, -0.15) is 0 Å². The normalized spacial score (nSPS) is 28.4. The zero-order chi connectivity index (χ0) is 14.1. The number of nitrogens with zero attached hydrogens (tertiary/aromatic N) is 1. The van der Waals surface area contributed by atoms with Crippen molar-refractivity contribution in [3.05, 3.63) is 30.1 Å². The number of aromatic nitrogens is 1. The van der Waals surface area contributed by atoms with Gasteiger partial charge >= 0.3 is 0 Å². The minimum atomic E-state index is -0.365. The van der Waals surface area contributed by atoms with E-state index in [-0.39, 0.29) is 17.0 Å². The number of rotatable bonds is 2. The van der Waals surface area contributed by atoms with E-state index in [2.05, 4.69) is 10.3 Å². The van der Waals surface area contributed by atoms with E-state index in [1.807, 2.05) is 18.2 Å². The van der Waals surface area contributed by atoms with Gasteiger partial charge in [-0.15, -0.1) is 0 Å². The molecule has 1 atom stereocenters. The molecule has 0 radical (unpaired) electrons. The second-order valence-electron chi connectivity index (χ2n) is 6.14. The van der Waals surface area contributed by atoms with Crippen LogP contribution in [0.4, 0.5) is 0 Å². The molecule has 2 fully saturated rings. The van der Waals surface area contributed by atoms with Crippen molar-refractivity contribution in [2.45, 2.75) is 56.6 Å². The summed E-state index contributed by atoms with van der Waals surface area (Å²) in [5.41, 5.74) is 0.540. The first-order chi connectivity index (χ1) is 9.64. The maximum Gasteiger partial charge on any atom is 0.217 e. The molecule has 4 heteroatoms. The maximum absolute atomic E-state index is 11.7. The number of hydrogen-bond donors (Lipinski definition) is 1. The molecule has 4 nitrogen and oxygen atoms in total. The van der Waals surface area contributed by atoms with E-state index in [9.17, 15) is 4.79 Å². The van der Waals surface area contributed by atoms with Gasteiger partial charge in [-0.1, -0.05) is 18.9 Å². The Bertz CT molecular complexity index is 483. The van der Waals surface area contributed by atoms with Crippen LogP contribution in [-0.4, -0.2) is 23.1 Å². The van der Waals surface area contributed by atoms with E-state index < -0.39 is 0 Å². The molecule has 1 aliphatic heterocycles. The minimum Gasteiger partial charge on any atom is -0.375 e. The van der Waals surface area contributed by atoms with E-state index in [1.165, 1.54) is 12.8 Å². The molecule has 1 saturated carbocycles. The summed E-state index contributed by atoms with van der Waals surface area (Å²) in [7, 11) is 0. The van der Waals surface area contributed by atoms with Crippen molar-refractivity contribution in [3.63, 3.8) is 0 Å². The summed E-state index contributed by atoms with van der Waals surface area (Å²) in [5.74, 6) is 0.00528. The second kappa shape index (κ2) is 5.17. The Morgan fingerprint density at radius 2 is 2.10 bits per heavy atom. The van der Waals surface area contributed by atoms with Crippen LogP contribution in [0.5, 0.6) is 0 Å². The van der Waals surface area contributed by atoms with Gasteiger partial charge in [0.2, 0.25) is 5.91 Å². The van der Waals surface area contributed by atoms with Gasteiger partial charge in [-0.05, 0) is 31.4 Å². The Morgan fingerprint density at radius 3 is 2.75 bits per heavy atom. The Labute approximate surface area is 119 Å². The van der Waals surface area contributed by atoms with Crippen LogP contribution in [0.15, 0.2) is 24.4 Å². The third kappa shape index (κ3) is 2.44. The number of carbonyl (C=O) groups is 1. The molecule has 1 N–H and O–H groups in total. The number of pyridine rings is 1. The summed E-state index contributed by atoms with van der Waals surface area (Å²) in [6, 6.07) is 5.92. The second-order valence-corrected chi connectivity index (χ2v) is 6.14. The van der Waals surface area contributed by atoms with Crippen molar-refractivity contribution < 1.29 is 9.53 Å². The quantitative estimate of drug-likeness (QED) is 0.901. The SMILES string of the molecule is CC(=O)NC1(c2ccccn2)CCOC2(CCCC2)C1. The van der Waals surface area contributed by atoms with E-state index in [0.717, 1.165) is 31.4 Å². The molecule has 0 aromatic carbocycles. The fourth-order valence-electron chi connectivity index (χ4n) is 3.84. The lowest BCUT2D eigenvalue weighted by Crippen LogP contribution is -2.55. The number of ether oxygens (including phenoxy) is 1. The van der Waals surface area contributed by atoms with Gasteiger partial charge in [0.1, 0.15) is 0 Å². The van der Waals surface area contributed by atoms with Gasteiger partial charge in [-0.25, -0.2) is 0 Å². The highest BCUT2D eigenvalue weighted by atomic mass is 16.5. The van der Waals surface area contributed by atoms with Gasteiger partial charge in [0.25, 0.3) is 0 Å². The number of hydrogen-bond acceptors (Lipinski definition) is 3. The molecule has 20 heavy (non-hydrogen) atoms. The third-order valence-electron chi connectivity index (χ3n) is 4.65. The van der Waals surface area contributed by atoms with Crippen LogP contribution < -0.4 is 5.32 Å². The van der Waals surface area contributed by atoms with Gasteiger partial charge in [0.15, 0.2) is 0 Å². The standard InChI is InChI=1S/C16H22N2O2/c1-13(19)18-16(14-6-2-5-10-17-14)9-11-20-15(12-16)7-3-4-8-15/h2,5-6,10H,3-4,7-9,11-12H2,1H3,(H,18,19). The molecule has 1 unspecified atom stereocenters. The first-order valence-corrected chi connectivity index (χ1v) is 7.49. The van der Waals surface area contributed by atoms with E-state index >= 15 is 0 Å². The minimum absolute atomic E-state index is 0.00528. The third-order valence-corrected chi connectivity index (χ3v) is 4.65. The van der Waals surface area contributed by atoms with Gasteiger partial charge in [0.05, 0.1) is 16.8 Å². The Balaban J connectivity index is 1.95. The first kappa shape index (κ1) is 13.6. The zero-order valence-corrected chi connectivity index (χ0v) is 12.0. The fraction of sp³-hybridized carbons (Fsp3) is 0.625. The van der Waals surface area contributed by atoms with Crippen molar-refractivity contribution >= 4 is 5.91 Å². The molecule has 1 saturated heterocycles. The van der Waals surface area contributed by atoms with Crippen molar-refractivity contribution in [3.8, 4) is 0 Å². The monoisotopic (exact) mass is 274 g/mol. The summed E-state index contributed by atoms with van der Waals surface area (Å²) >= 11 is 0. The highest BCUT2D eigenvalue weighted by Gasteiger charge is 2.49. The number of carbonyl (C=O) groups excluding carboxylic acids is 1. The smallest absolute Gasteiger partial charge is 0.217 e. The molecule has 1 aliphatic carbocycles. The number of amides is 1. The number of nitrogens with one attached hydrogen (secondary N) is 1. The molecule has 3 rings (SSSR count). The van der Waals surface area contributed by atoms with Crippen molar-refractivity contribution in [1.82, 2.24) is 10.3 Å². The first-order valence-electron chi connectivity index (χ1n) is 7.49. The molecule has 2 aliphatic rings. The summed E-state index contributed by atoms with van der Waals surface area (Å²) < 4.78 is 6.11. The molecule has 1 amide bonds. The molecule has 2 heterocycles. The van der Waals surface area contributed by atoms with Crippen LogP contribution in [0, 0.1) is 0 Å². The maximum atomic E-state index is 11.7. The van der Waals surface area contributed by atoms with Crippen LogP contribution in [0.2, 0.25) is 0 Å². The average molecular weight is 274 g/mol. The van der Waals surface area contributed by atoms with E-state index in [0.29, 0.717) is 6.61 Å². The van der Waals surface area contributed by atoms with E-state index in [1.54, 1.807) is 13.1 Å². The summed E-state index contributed by atoms with van der Waals surface area (Å²) in [6.45, 7) is 2.28. The van der Waals surface area contributed by atoms with Gasteiger partial charge < -0.3 is 10.1 Å². The van der Waals surface area contributed by atoms with E-state index in [4.69, 9.17) is 4.74 Å². The topological polar surface area (TPSA) is 51.2 Å². The summed E-state index contributed by atoms with van der Waals surface area (Å²) in [4.78, 5) is 16.2. The highest BCUT2D eigenvalue weighted by Crippen LogP contribution is 2.46. The zero-order valence-electron chi connectivity index (χ0n) is 12.0. The predicted molar refractivity (Wildman–Crippen MR) is 76.1 cm³/mol. The molecular weight excluding hydrogens is 252 g/mol. The van der Waals surface area contributed by atoms with Gasteiger partial charge in [0, 0.05) is 26.1 Å². The lowest BCUT2D eigenvalue weighted by molar-refractivity contribution is -0.131. The largest absolute Gasteiger partial charge is 0.375 e. The van der Waals surface area contributed by atoms with Crippen LogP contribution in [0.25, 0.3) is 0 Å². The predicted octanol–water partition coefficient (Wildman–Crippen LogP) is 2.54. The highest BCUT2D eigenvalue weighted by molar-refractivity contribution is 5.74. The van der Waals surface area contributed by atoms with Crippen molar-refractivity contribution in [2.75, 3.05) is 6.61 Å². The Morgan fingerprint density at radius 1 is 1.30 bits per heavy atom. The molecule has 0 bridgehead atoms. The Hall–Kier alpha value is -1.42. The van der Waals surface area contributed by atoms with Crippen LogP contribution in [-0.2, 0) is 15.1 Å².